The van der Waals surface area contributed by atoms with E-state index in [-0.39, 0.29) is 23.3 Å². The molecule has 4 N–H and O–H groups in total. The van der Waals surface area contributed by atoms with Gasteiger partial charge in [-0.1, -0.05) is 12.1 Å². The Balaban J connectivity index is 1.90. The lowest BCUT2D eigenvalue weighted by molar-refractivity contribution is -0.124. The van der Waals surface area contributed by atoms with Crippen LogP contribution in [0.15, 0.2) is 42.6 Å². The average Bonchev–Trinajstić information content (AvgIpc) is 2.62. The number of aromatic hydroxyl groups is 2. The van der Waals surface area contributed by atoms with Crippen molar-refractivity contribution in [3.8, 4) is 23.0 Å². The molecule has 0 saturated heterocycles. The zero-order valence-corrected chi connectivity index (χ0v) is 15.3. The second kappa shape index (κ2) is 7.91. The van der Waals surface area contributed by atoms with Gasteiger partial charge in [0.1, 0.15) is 0 Å². The molecule has 0 saturated carbocycles. The summed E-state index contributed by atoms with van der Waals surface area (Å²) in [6.45, 7) is 2.77. The fraction of sp³-hybridized carbons (Fsp3) is 0.200. The van der Waals surface area contributed by atoms with Gasteiger partial charge in [-0.3, -0.25) is 9.59 Å². The highest BCUT2D eigenvalue weighted by molar-refractivity contribution is 5.75. The van der Waals surface area contributed by atoms with E-state index in [0.29, 0.717) is 17.1 Å². The zero-order chi connectivity index (χ0) is 20.3. The van der Waals surface area contributed by atoms with Gasteiger partial charge in [-0.25, -0.2) is 0 Å². The Hall–Kier alpha value is -3.68. The fourth-order valence-corrected chi connectivity index (χ4v) is 2.74. The Morgan fingerprint density at radius 3 is 2.43 bits per heavy atom. The van der Waals surface area contributed by atoms with E-state index in [9.17, 15) is 19.8 Å². The van der Waals surface area contributed by atoms with E-state index in [1.165, 1.54) is 32.2 Å². The molecular formula is C20H20N2O6. The van der Waals surface area contributed by atoms with Crippen molar-refractivity contribution in [3.05, 3.63) is 53.7 Å². The Morgan fingerprint density at radius 2 is 1.75 bits per heavy atom. The number of phenolic OH excluding ortho intramolecular Hbond substituents is 2. The van der Waals surface area contributed by atoms with Gasteiger partial charge in [0, 0.05) is 25.6 Å². The van der Waals surface area contributed by atoms with Gasteiger partial charge in [0.15, 0.2) is 29.1 Å². The fourth-order valence-electron chi connectivity index (χ4n) is 2.74. The van der Waals surface area contributed by atoms with Gasteiger partial charge in [-0.2, -0.15) is 0 Å². The first-order chi connectivity index (χ1) is 13.3. The summed E-state index contributed by atoms with van der Waals surface area (Å²) in [7, 11) is 0. The van der Waals surface area contributed by atoms with Crippen LogP contribution in [-0.4, -0.2) is 28.3 Å². The second-order valence-corrected chi connectivity index (χ2v) is 6.27. The molecule has 0 unspecified atom stereocenters. The molecule has 1 aliphatic rings. The molecule has 8 nitrogen and oxygen atoms in total. The van der Waals surface area contributed by atoms with Crippen molar-refractivity contribution in [2.24, 2.45) is 0 Å². The van der Waals surface area contributed by atoms with E-state index in [1.54, 1.807) is 30.3 Å². The summed E-state index contributed by atoms with van der Waals surface area (Å²) in [6.07, 6.45) is 1.64. The Kier molecular flexibility index (Phi) is 5.39. The SMILES string of the molecule is CC(=O)N/C=C/c1ccc2c(c1)O[C@H](NC(C)=O)[C@@H](c1ccc(O)c(O)c1)O2. The minimum Gasteiger partial charge on any atom is -0.504 e. The summed E-state index contributed by atoms with van der Waals surface area (Å²) in [6, 6.07) is 9.48. The number of carbonyl (C=O) groups is 2. The average molecular weight is 384 g/mol. The molecule has 0 spiro atoms. The first-order valence-electron chi connectivity index (χ1n) is 8.53. The van der Waals surface area contributed by atoms with Crippen molar-refractivity contribution in [2.45, 2.75) is 26.2 Å². The van der Waals surface area contributed by atoms with Crippen LogP contribution in [-0.2, 0) is 9.59 Å². The molecule has 0 fully saturated rings. The van der Waals surface area contributed by atoms with E-state index >= 15 is 0 Å². The predicted molar refractivity (Wildman–Crippen MR) is 101 cm³/mol. The predicted octanol–water partition coefficient (Wildman–Crippen LogP) is 2.18. The molecule has 2 amide bonds. The van der Waals surface area contributed by atoms with Crippen LogP contribution in [0.5, 0.6) is 23.0 Å². The molecule has 1 aliphatic heterocycles. The molecular weight excluding hydrogens is 364 g/mol. The summed E-state index contributed by atoms with van der Waals surface area (Å²) >= 11 is 0. The molecule has 3 rings (SSSR count). The minimum absolute atomic E-state index is 0.181. The maximum Gasteiger partial charge on any atom is 0.220 e. The summed E-state index contributed by atoms with van der Waals surface area (Å²) in [4.78, 5) is 22.6. The van der Waals surface area contributed by atoms with Crippen molar-refractivity contribution in [1.29, 1.82) is 0 Å². The van der Waals surface area contributed by atoms with Gasteiger partial charge in [0.2, 0.25) is 18.0 Å². The van der Waals surface area contributed by atoms with Crippen molar-refractivity contribution in [1.82, 2.24) is 10.6 Å². The normalized spacial score (nSPS) is 17.9. The monoisotopic (exact) mass is 384 g/mol. The lowest BCUT2D eigenvalue weighted by atomic mass is 10.1. The van der Waals surface area contributed by atoms with Crippen molar-refractivity contribution < 1.29 is 29.3 Å². The van der Waals surface area contributed by atoms with E-state index < -0.39 is 12.3 Å². The highest BCUT2D eigenvalue weighted by atomic mass is 16.6. The van der Waals surface area contributed by atoms with Gasteiger partial charge < -0.3 is 30.3 Å². The van der Waals surface area contributed by atoms with Crippen molar-refractivity contribution in [2.75, 3.05) is 0 Å². The van der Waals surface area contributed by atoms with Gasteiger partial charge in [-0.05, 0) is 35.9 Å². The van der Waals surface area contributed by atoms with E-state index in [2.05, 4.69) is 10.6 Å². The standard InChI is InChI=1S/C20H20N2O6/c1-11(23)21-8-7-13-3-6-17-18(9-13)28-20(22-12(2)24)19(27-17)14-4-5-15(25)16(26)10-14/h3-10,19-20,25-26H,1-2H3,(H,21,23)(H,22,24)/b8-7+/t19-,20+/m1/s1. The number of nitrogens with one attached hydrogen (secondary N) is 2. The lowest BCUT2D eigenvalue weighted by Crippen LogP contribution is -2.46. The van der Waals surface area contributed by atoms with Crippen LogP contribution in [0, 0.1) is 0 Å². The molecule has 2 aromatic carbocycles. The Morgan fingerprint density at radius 1 is 0.964 bits per heavy atom. The first kappa shape index (κ1) is 19.1. The molecule has 0 bridgehead atoms. The third kappa shape index (κ3) is 4.35. The number of rotatable bonds is 4. The molecule has 146 valence electrons. The largest absolute Gasteiger partial charge is 0.504 e. The van der Waals surface area contributed by atoms with E-state index in [1.807, 2.05) is 0 Å². The Labute approximate surface area is 161 Å². The summed E-state index contributed by atoms with van der Waals surface area (Å²) < 4.78 is 11.9. The number of hydrogen-bond acceptors (Lipinski definition) is 6. The lowest BCUT2D eigenvalue weighted by Gasteiger charge is -2.34. The van der Waals surface area contributed by atoms with Crippen molar-refractivity contribution in [3.63, 3.8) is 0 Å². The number of hydrogen-bond donors (Lipinski definition) is 4. The smallest absolute Gasteiger partial charge is 0.220 e. The van der Waals surface area contributed by atoms with Gasteiger partial charge in [-0.15, -0.1) is 0 Å². The minimum atomic E-state index is -0.844. The zero-order valence-electron chi connectivity index (χ0n) is 15.3. The number of carbonyl (C=O) groups excluding carboxylic acids is 2. The number of fused-ring (bicyclic) bond motifs is 1. The summed E-state index contributed by atoms with van der Waals surface area (Å²) in [5.74, 6) is -0.176. The first-order valence-corrected chi connectivity index (χ1v) is 8.53. The second-order valence-electron chi connectivity index (χ2n) is 6.27. The number of amides is 2. The summed E-state index contributed by atoms with van der Waals surface area (Å²) in [5.41, 5.74) is 1.28. The quantitative estimate of drug-likeness (QED) is 0.601. The Bertz CT molecular complexity index is 940. The van der Waals surface area contributed by atoms with Crippen LogP contribution in [0.1, 0.15) is 31.1 Å². The van der Waals surface area contributed by atoms with Crippen LogP contribution in [0.25, 0.3) is 6.08 Å². The molecule has 2 atom stereocenters. The van der Waals surface area contributed by atoms with E-state index in [0.717, 1.165) is 5.56 Å². The molecule has 28 heavy (non-hydrogen) atoms. The highest BCUT2D eigenvalue weighted by Crippen LogP contribution is 2.41. The van der Waals surface area contributed by atoms with Crippen molar-refractivity contribution >= 4 is 17.9 Å². The van der Waals surface area contributed by atoms with Crippen LogP contribution in [0.4, 0.5) is 0 Å². The highest BCUT2D eigenvalue weighted by Gasteiger charge is 2.34. The summed E-state index contributed by atoms with van der Waals surface area (Å²) in [5, 5.41) is 24.5. The van der Waals surface area contributed by atoms with E-state index in [4.69, 9.17) is 9.47 Å². The topological polar surface area (TPSA) is 117 Å². The maximum absolute atomic E-state index is 11.6. The van der Waals surface area contributed by atoms with Crippen LogP contribution >= 0.6 is 0 Å². The third-order valence-electron chi connectivity index (χ3n) is 3.99. The molecule has 0 aliphatic carbocycles. The molecule has 8 heteroatoms. The van der Waals surface area contributed by atoms with Crippen LogP contribution < -0.4 is 20.1 Å². The maximum atomic E-state index is 11.6. The van der Waals surface area contributed by atoms with Crippen LogP contribution in [0.2, 0.25) is 0 Å². The van der Waals surface area contributed by atoms with Crippen LogP contribution in [0.3, 0.4) is 0 Å². The van der Waals surface area contributed by atoms with Gasteiger partial charge in [0.05, 0.1) is 0 Å². The molecule has 2 aromatic rings. The third-order valence-corrected chi connectivity index (χ3v) is 3.99. The number of phenols is 2. The molecule has 0 aromatic heterocycles. The van der Waals surface area contributed by atoms with Gasteiger partial charge >= 0.3 is 0 Å². The number of ether oxygens (including phenoxy) is 2. The van der Waals surface area contributed by atoms with Gasteiger partial charge in [0.25, 0.3) is 0 Å². The molecule has 1 heterocycles. The number of benzene rings is 2. The molecule has 0 radical (unpaired) electrons.